The molecule has 118 valence electrons. The van der Waals surface area contributed by atoms with Crippen LogP contribution >= 0.6 is 15.9 Å². The third-order valence-corrected chi connectivity index (χ3v) is 4.13. The van der Waals surface area contributed by atoms with Gasteiger partial charge < -0.3 is 10.6 Å². The van der Waals surface area contributed by atoms with Crippen LogP contribution in [0.15, 0.2) is 21.6 Å². The zero-order chi connectivity index (χ0) is 16.3. The Labute approximate surface area is 133 Å². The summed E-state index contributed by atoms with van der Waals surface area (Å²) in [5, 5.41) is 5.38. The standard InChI is InChI=1S/C12H19BrN4O3S/c1-12(2,3)17-10(18)7-16-21(19,20)9-5-8(13)6-15-11(9)14-4/h5-6,16H,7H2,1-4H3,(H,14,15)(H,17,18). The Hall–Kier alpha value is -1.19. The van der Waals surface area contributed by atoms with Gasteiger partial charge >= 0.3 is 0 Å². The number of aromatic nitrogens is 1. The van der Waals surface area contributed by atoms with Crippen LogP contribution in [-0.4, -0.2) is 38.4 Å². The van der Waals surface area contributed by atoms with Gasteiger partial charge in [-0.3, -0.25) is 4.79 Å². The van der Waals surface area contributed by atoms with Crippen molar-refractivity contribution in [3.63, 3.8) is 0 Å². The minimum absolute atomic E-state index is 0.0251. The van der Waals surface area contributed by atoms with Gasteiger partial charge in [0.2, 0.25) is 15.9 Å². The molecule has 0 aliphatic carbocycles. The molecule has 0 aliphatic rings. The fourth-order valence-corrected chi connectivity index (χ4v) is 3.16. The van der Waals surface area contributed by atoms with Crippen molar-refractivity contribution in [2.45, 2.75) is 31.2 Å². The number of hydrogen-bond acceptors (Lipinski definition) is 5. The van der Waals surface area contributed by atoms with E-state index >= 15 is 0 Å². The molecular formula is C12H19BrN4O3S. The Bertz CT molecular complexity index is 626. The number of rotatable bonds is 5. The first-order chi connectivity index (χ1) is 9.55. The summed E-state index contributed by atoms with van der Waals surface area (Å²) < 4.78 is 27.3. The zero-order valence-corrected chi connectivity index (χ0v) is 14.7. The number of carbonyl (C=O) groups is 1. The third kappa shape index (κ3) is 5.60. The van der Waals surface area contributed by atoms with E-state index in [1.807, 2.05) is 20.8 Å². The van der Waals surface area contributed by atoms with Crippen LogP contribution < -0.4 is 15.4 Å². The van der Waals surface area contributed by atoms with E-state index in [0.717, 1.165) is 0 Å². The number of hydrogen-bond donors (Lipinski definition) is 3. The van der Waals surface area contributed by atoms with E-state index in [2.05, 4.69) is 36.3 Å². The van der Waals surface area contributed by atoms with Crippen molar-refractivity contribution in [3.8, 4) is 0 Å². The summed E-state index contributed by atoms with van der Waals surface area (Å²) in [6, 6.07) is 1.42. The lowest BCUT2D eigenvalue weighted by atomic mass is 10.1. The molecule has 1 aromatic rings. The summed E-state index contributed by atoms with van der Waals surface area (Å²) in [6.07, 6.45) is 1.48. The van der Waals surface area contributed by atoms with E-state index in [4.69, 9.17) is 0 Å². The molecule has 0 saturated heterocycles. The normalized spacial score (nSPS) is 12.0. The lowest BCUT2D eigenvalue weighted by Gasteiger charge is -2.20. The van der Waals surface area contributed by atoms with Crippen molar-refractivity contribution in [2.75, 3.05) is 18.9 Å². The summed E-state index contributed by atoms with van der Waals surface area (Å²) in [4.78, 5) is 15.6. The van der Waals surface area contributed by atoms with E-state index in [1.54, 1.807) is 7.05 Å². The van der Waals surface area contributed by atoms with Gasteiger partial charge in [0.15, 0.2) is 0 Å². The first-order valence-electron chi connectivity index (χ1n) is 6.19. The summed E-state index contributed by atoms with van der Waals surface area (Å²) in [6.45, 7) is 5.11. The molecule has 0 saturated carbocycles. The molecular weight excluding hydrogens is 360 g/mol. The molecule has 0 aliphatic heterocycles. The smallest absolute Gasteiger partial charge is 0.244 e. The van der Waals surface area contributed by atoms with Crippen molar-refractivity contribution in [2.24, 2.45) is 0 Å². The number of nitrogens with one attached hydrogen (secondary N) is 3. The predicted molar refractivity (Wildman–Crippen MR) is 84.6 cm³/mol. The van der Waals surface area contributed by atoms with Gasteiger partial charge in [0.25, 0.3) is 0 Å². The minimum atomic E-state index is -3.84. The van der Waals surface area contributed by atoms with Crippen LogP contribution in [0.4, 0.5) is 5.82 Å². The molecule has 1 aromatic heterocycles. The molecule has 0 fully saturated rings. The molecule has 9 heteroatoms. The van der Waals surface area contributed by atoms with Gasteiger partial charge in [-0.2, -0.15) is 0 Å². The molecule has 0 atom stereocenters. The van der Waals surface area contributed by atoms with E-state index in [-0.39, 0.29) is 17.3 Å². The number of carbonyl (C=O) groups excluding carboxylic acids is 1. The summed E-state index contributed by atoms with van der Waals surface area (Å²) in [5.41, 5.74) is -0.421. The van der Waals surface area contributed by atoms with Crippen molar-refractivity contribution in [1.82, 2.24) is 15.0 Å². The maximum absolute atomic E-state index is 12.2. The highest BCUT2D eigenvalue weighted by Crippen LogP contribution is 2.22. The molecule has 1 rings (SSSR count). The SMILES string of the molecule is CNc1ncc(Br)cc1S(=O)(=O)NCC(=O)NC(C)(C)C. The van der Waals surface area contributed by atoms with Crippen LogP contribution in [0.2, 0.25) is 0 Å². The first kappa shape index (κ1) is 17.9. The molecule has 0 bridgehead atoms. The highest BCUT2D eigenvalue weighted by atomic mass is 79.9. The van der Waals surface area contributed by atoms with Gasteiger partial charge in [-0.15, -0.1) is 0 Å². The highest BCUT2D eigenvalue weighted by Gasteiger charge is 2.22. The van der Waals surface area contributed by atoms with Crippen molar-refractivity contribution >= 4 is 37.7 Å². The van der Waals surface area contributed by atoms with Gasteiger partial charge in [-0.25, -0.2) is 18.1 Å². The second-order valence-electron chi connectivity index (χ2n) is 5.37. The van der Waals surface area contributed by atoms with E-state index in [1.165, 1.54) is 12.3 Å². The fourth-order valence-electron chi connectivity index (χ4n) is 1.51. The van der Waals surface area contributed by atoms with Crippen LogP contribution in [0.5, 0.6) is 0 Å². The number of anilines is 1. The minimum Gasteiger partial charge on any atom is -0.372 e. The number of sulfonamides is 1. The molecule has 0 radical (unpaired) electrons. The summed E-state index contributed by atoms with van der Waals surface area (Å²) in [7, 11) is -2.27. The van der Waals surface area contributed by atoms with Gasteiger partial charge in [-0.1, -0.05) is 0 Å². The molecule has 0 spiro atoms. The second kappa shape index (κ2) is 6.71. The molecule has 1 amide bonds. The Morgan fingerprint density at radius 3 is 2.52 bits per heavy atom. The third-order valence-electron chi connectivity index (χ3n) is 2.28. The highest BCUT2D eigenvalue weighted by molar-refractivity contribution is 9.10. The Morgan fingerprint density at radius 1 is 1.38 bits per heavy atom. The zero-order valence-electron chi connectivity index (χ0n) is 12.3. The molecule has 21 heavy (non-hydrogen) atoms. The van der Waals surface area contributed by atoms with Crippen LogP contribution in [-0.2, 0) is 14.8 Å². The Balaban J connectivity index is 2.88. The quantitative estimate of drug-likeness (QED) is 0.711. The second-order valence-corrected chi connectivity index (χ2v) is 8.02. The van der Waals surface area contributed by atoms with E-state index in [0.29, 0.717) is 4.47 Å². The van der Waals surface area contributed by atoms with Crippen molar-refractivity contribution in [1.29, 1.82) is 0 Å². The molecule has 0 unspecified atom stereocenters. The van der Waals surface area contributed by atoms with Crippen molar-refractivity contribution in [3.05, 3.63) is 16.7 Å². The predicted octanol–water partition coefficient (Wildman–Crippen LogP) is 1.08. The van der Waals surface area contributed by atoms with Gasteiger partial charge in [-0.05, 0) is 42.8 Å². The van der Waals surface area contributed by atoms with Gasteiger partial charge in [0, 0.05) is 23.3 Å². The lowest BCUT2D eigenvalue weighted by Crippen LogP contribution is -2.45. The number of halogens is 1. The molecule has 7 nitrogen and oxygen atoms in total. The number of amides is 1. The first-order valence-corrected chi connectivity index (χ1v) is 8.47. The maximum atomic E-state index is 12.2. The topological polar surface area (TPSA) is 100 Å². The fraction of sp³-hybridized carbons (Fsp3) is 0.500. The van der Waals surface area contributed by atoms with Crippen molar-refractivity contribution < 1.29 is 13.2 Å². The number of pyridine rings is 1. The monoisotopic (exact) mass is 378 g/mol. The van der Waals surface area contributed by atoms with Crippen LogP contribution in [0, 0.1) is 0 Å². The van der Waals surface area contributed by atoms with Crippen LogP contribution in [0.1, 0.15) is 20.8 Å². The van der Waals surface area contributed by atoms with Crippen LogP contribution in [0.25, 0.3) is 0 Å². The Morgan fingerprint density at radius 2 is 2.00 bits per heavy atom. The number of nitrogens with zero attached hydrogens (tertiary/aromatic N) is 1. The molecule has 3 N–H and O–H groups in total. The average Bonchev–Trinajstić information content (AvgIpc) is 2.34. The largest absolute Gasteiger partial charge is 0.372 e. The summed E-state index contributed by atoms with van der Waals surface area (Å²) in [5.74, 6) is -0.193. The van der Waals surface area contributed by atoms with E-state index in [9.17, 15) is 13.2 Å². The average molecular weight is 379 g/mol. The molecule has 0 aromatic carbocycles. The Kier molecular flexibility index (Phi) is 5.71. The molecule has 1 heterocycles. The lowest BCUT2D eigenvalue weighted by molar-refractivity contribution is -0.121. The van der Waals surface area contributed by atoms with Gasteiger partial charge in [0.1, 0.15) is 10.7 Å². The van der Waals surface area contributed by atoms with Gasteiger partial charge in [0.05, 0.1) is 6.54 Å². The summed E-state index contributed by atoms with van der Waals surface area (Å²) >= 11 is 3.18. The maximum Gasteiger partial charge on any atom is 0.244 e. The van der Waals surface area contributed by atoms with Crippen LogP contribution in [0.3, 0.4) is 0 Å². The van der Waals surface area contributed by atoms with E-state index < -0.39 is 21.5 Å².